The molecule has 3 unspecified atom stereocenters. The molecule has 0 fully saturated rings. The lowest BCUT2D eigenvalue weighted by molar-refractivity contribution is -0.938. The molecule has 0 amide bonds. The van der Waals surface area contributed by atoms with Crippen LogP contribution in [0.25, 0.3) is 0 Å². The Morgan fingerprint density at radius 1 is 0.547 bits per heavy atom. The van der Waals surface area contributed by atoms with Crippen LogP contribution in [-0.4, -0.2) is 60.6 Å². The zero-order chi connectivity index (χ0) is 38.5. The first kappa shape index (κ1) is 53.9. The number of ether oxygens (including phenoxy) is 2. The Hall–Kier alpha value is -1.18. The van der Waals surface area contributed by atoms with Crippen LogP contribution in [0, 0.1) is 0 Å². The van der Waals surface area contributed by atoms with E-state index in [0.29, 0.717) is 36.7 Å². The van der Waals surface area contributed by atoms with Gasteiger partial charge in [-0.1, -0.05) is 148 Å². The molecule has 7 heteroatoms. The van der Waals surface area contributed by atoms with Crippen molar-refractivity contribution in [3.8, 4) is 0 Å². The van der Waals surface area contributed by atoms with Crippen molar-refractivity contribution < 1.29 is 45.6 Å². The number of hydrogen-bond donors (Lipinski definition) is 1. The van der Waals surface area contributed by atoms with Crippen LogP contribution in [0.4, 0.5) is 0 Å². The molecule has 0 spiro atoms. The Morgan fingerprint density at radius 3 is 1.26 bits per heavy atom. The first-order chi connectivity index (χ1) is 25.2. The molecule has 0 aliphatic heterocycles. The summed E-state index contributed by atoms with van der Waals surface area (Å²) < 4.78 is 12.3. The molecule has 0 aromatic heterocycles. The Bertz CT molecular complexity index is 876. The average Bonchev–Trinajstić information content (AvgIpc) is 3.12. The maximum atomic E-state index is 13.0. The zero-order valence-electron chi connectivity index (χ0n) is 35.9. The van der Waals surface area contributed by atoms with Gasteiger partial charge in [0.25, 0.3) is 6.23 Å². The highest BCUT2D eigenvalue weighted by atomic mass is 79.9. The third-order valence-electron chi connectivity index (χ3n) is 10.5. The van der Waals surface area contributed by atoms with E-state index in [1.165, 1.54) is 116 Å². The van der Waals surface area contributed by atoms with Gasteiger partial charge in [-0.15, -0.1) is 0 Å². The van der Waals surface area contributed by atoms with Crippen molar-refractivity contribution in [2.24, 2.45) is 0 Å². The average molecular weight is 815 g/mol. The summed E-state index contributed by atoms with van der Waals surface area (Å²) in [5.74, 6) is -0.456. The van der Waals surface area contributed by atoms with Crippen LogP contribution in [0.5, 0.6) is 0 Å². The van der Waals surface area contributed by atoms with Gasteiger partial charge in [-0.3, -0.25) is 14.1 Å². The van der Waals surface area contributed by atoms with Gasteiger partial charge < -0.3 is 31.6 Å². The normalized spacial score (nSPS) is 13.6. The molecule has 314 valence electrons. The van der Waals surface area contributed by atoms with Gasteiger partial charge in [0.1, 0.15) is 0 Å². The summed E-state index contributed by atoms with van der Waals surface area (Å²) in [6.45, 7) is 8.96. The van der Waals surface area contributed by atoms with Gasteiger partial charge in [-0.05, 0) is 77.6 Å². The number of aliphatic hydroxyl groups excluding tert-OH is 1. The van der Waals surface area contributed by atoms with Crippen molar-refractivity contribution in [3.05, 3.63) is 24.3 Å². The number of esters is 2. The van der Waals surface area contributed by atoms with E-state index in [-0.39, 0.29) is 28.9 Å². The number of allylic oxidation sites excluding steroid dienone is 4. The quantitative estimate of drug-likeness (QED) is 0.0221. The molecule has 0 saturated carbocycles. The predicted octanol–water partition coefficient (Wildman–Crippen LogP) is 10.1. The minimum Gasteiger partial charge on any atom is -1.00 e. The van der Waals surface area contributed by atoms with Crippen molar-refractivity contribution in [1.29, 1.82) is 0 Å². The van der Waals surface area contributed by atoms with E-state index in [1.807, 2.05) is 27.9 Å². The highest BCUT2D eigenvalue weighted by Crippen LogP contribution is 2.21. The molecule has 0 aromatic carbocycles. The Morgan fingerprint density at radius 2 is 0.887 bits per heavy atom. The number of rotatable bonds is 38. The molecule has 0 aliphatic rings. The fourth-order valence-corrected chi connectivity index (χ4v) is 6.82. The summed E-state index contributed by atoms with van der Waals surface area (Å²) in [7, 11) is 3.99. The summed E-state index contributed by atoms with van der Waals surface area (Å²) in [5.41, 5.74) is 0. The van der Waals surface area contributed by atoms with Crippen molar-refractivity contribution in [2.75, 3.05) is 20.6 Å². The van der Waals surface area contributed by atoms with Crippen LogP contribution in [0.2, 0.25) is 0 Å². The summed E-state index contributed by atoms with van der Waals surface area (Å²) >= 11 is 0. The number of unbranched alkanes of at least 4 members (excludes halogenated alkanes) is 22. The number of aliphatic hydroxyl groups is 1. The first-order valence-corrected chi connectivity index (χ1v) is 22.4. The Labute approximate surface area is 340 Å². The van der Waals surface area contributed by atoms with Crippen molar-refractivity contribution in [1.82, 2.24) is 0 Å². The summed E-state index contributed by atoms with van der Waals surface area (Å²) in [6, 6.07) is 0. The second-order valence-electron chi connectivity index (χ2n) is 16.1. The van der Waals surface area contributed by atoms with E-state index < -0.39 is 18.4 Å². The van der Waals surface area contributed by atoms with Crippen LogP contribution in [-0.2, 0) is 19.1 Å². The summed E-state index contributed by atoms with van der Waals surface area (Å²) in [4.78, 5) is 25.8. The van der Waals surface area contributed by atoms with Gasteiger partial charge >= 0.3 is 11.9 Å². The van der Waals surface area contributed by atoms with E-state index in [2.05, 4.69) is 38.2 Å². The number of halogens is 1. The summed E-state index contributed by atoms with van der Waals surface area (Å²) in [5, 5.41) is 10.2. The van der Waals surface area contributed by atoms with E-state index in [9.17, 15) is 14.7 Å². The molecule has 0 radical (unpaired) electrons. The van der Waals surface area contributed by atoms with E-state index in [4.69, 9.17) is 9.47 Å². The SMILES string of the molecule is CCCCCCCC/C=C\CCCCCCCC(=O)OC(C)C(OC(=O)CCCCCCC/C=C\CCCCCCCC)[N+](C)(C)CCC(O)CC.[Br-]. The number of carbonyl (C=O) groups excluding carboxylic acids is 2. The van der Waals surface area contributed by atoms with Crippen molar-refractivity contribution in [2.45, 2.75) is 239 Å². The third-order valence-corrected chi connectivity index (χ3v) is 10.5. The predicted molar refractivity (Wildman–Crippen MR) is 222 cm³/mol. The van der Waals surface area contributed by atoms with Crippen LogP contribution in [0.15, 0.2) is 24.3 Å². The van der Waals surface area contributed by atoms with Gasteiger partial charge in [-0.2, -0.15) is 0 Å². The number of carbonyl (C=O) groups is 2. The standard InChI is InChI=1S/C46H88NO5.BrH/c1-7-10-12-14-16-18-20-22-24-26-28-30-32-34-36-38-44(49)51-42(4)46(47(5,6)41-40-43(48)9-3)52-45(50)39-37-35-33-31-29-27-25-23-21-19-17-15-13-11-8-2;/h22-25,42-43,46,48H,7-21,26-41H2,1-6H3;1H/q+1;/p-1/b24-22-,25-23-;. The Kier molecular flexibility index (Phi) is 39.7. The second-order valence-corrected chi connectivity index (χ2v) is 16.1. The number of nitrogens with zero attached hydrogens (tertiary/aromatic N) is 1. The first-order valence-electron chi connectivity index (χ1n) is 22.4. The maximum Gasteiger partial charge on any atom is 0.310 e. The van der Waals surface area contributed by atoms with E-state index in [1.54, 1.807) is 0 Å². The fourth-order valence-electron chi connectivity index (χ4n) is 6.82. The van der Waals surface area contributed by atoms with Gasteiger partial charge in [0.2, 0.25) is 0 Å². The largest absolute Gasteiger partial charge is 1.00 e. The lowest BCUT2D eigenvalue weighted by atomic mass is 10.1. The minimum absolute atomic E-state index is 0. The van der Waals surface area contributed by atoms with Crippen LogP contribution in [0.1, 0.15) is 220 Å². The molecule has 0 aliphatic carbocycles. The molecule has 0 aromatic rings. The van der Waals surface area contributed by atoms with Crippen molar-refractivity contribution >= 4 is 11.9 Å². The van der Waals surface area contributed by atoms with Gasteiger partial charge in [0.15, 0.2) is 6.10 Å². The lowest BCUT2D eigenvalue weighted by Crippen LogP contribution is -3.00. The van der Waals surface area contributed by atoms with Gasteiger partial charge in [0.05, 0.1) is 26.7 Å². The maximum absolute atomic E-state index is 13.0. The third kappa shape index (κ3) is 35.0. The fraction of sp³-hybridized carbons (Fsp3) is 0.870. The summed E-state index contributed by atoms with van der Waals surface area (Å²) in [6.07, 6.45) is 41.5. The monoisotopic (exact) mass is 814 g/mol. The molecule has 6 nitrogen and oxygen atoms in total. The number of hydrogen-bond acceptors (Lipinski definition) is 5. The molecule has 53 heavy (non-hydrogen) atoms. The second kappa shape index (κ2) is 39.1. The molecular formula is C46H88BrNO5. The smallest absolute Gasteiger partial charge is 0.310 e. The number of quaternary nitrogens is 1. The molecule has 3 atom stereocenters. The topological polar surface area (TPSA) is 72.8 Å². The Balaban J connectivity index is 0. The van der Waals surface area contributed by atoms with Crippen LogP contribution >= 0.6 is 0 Å². The van der Waals surface area contributed by atoms with Gasteiger partial charge in [-0.25, -0.2) is 0 Å². The van der Waals surface area contributed by atoms with E-state index >= 15 is 0 Å². The van der Waals surface area contributed by atoms with Gasteiger partial charge in [0, 0.05) is 19.3 Å². The lowest BCUT2D eigenvalue weighted by Gasteiger charge is -2.39. The highest BCUT2D eigenvalue weighted by molar-refractivity contribution is 5.70. The van der Waals surface area contributed by atoms with E-state index in [0.717, 1.165) is 51.4 Å². The molecule has 1 N–H and O–H groups in total. The molecule has 0 saturated heterocycles. The molecule has 0 rings (SSSR count). The van der Waals surface area contributed by atoms with Crippen LogP contribution in [0.3, 0.4) is 0 Å². The number of likely N-dealkylation sites (N-methyl/N-ethyl adjacent to an activating group) is 1. The zero-order valence-corrected chi connectivity index (χ0v) is 37.5. The minimum atomic E-state index is -0.613. The molecular weight excluding hydrogens is 726 g/mol. The van der Waals surface area contributed by atoms with Crippen molar-refractivity contribution in [3.63, 3.8) is 0 Å². The molecule has 0 heterocycles. The highest BCUT2D eigenvalue weighted by Gasteiger charge is 2.39. The van der Waals surface area contributed by atoms with Crippen LogP contribution < -0.4 is 17.0 Å². The molecule has 0 bridgehead atoms.